The number of benzene rings is 2. The SMILES string of the molecule is N/C(=C\[N+](=O)[O-])N(CCC1CCN(Cc2ccccc2)CC1)c1ccccc1. The van der Waals surface area contributed by atoms with Crippen molar-refractivity contribution >= 4 is 5.69 Å². The largest absolute Gasteiger partial charge is 0.380 e. The molecule has 0 atom stereocenters. The molecule has 28 heavy (non-hydrogen) atoms. The molecule has 1 heterocycles. The fraction of sp³-hybridized carbons (Fsp3) is 0.364. The Balaban J connectivity index is 1.53. The molecule has 3 rings (SSSR count). The van der Waals surface area contributed by atoms with E-state index in [2.05, 4.69) is 29.2 Å². The minimum atomic E-state index is -0.493. The van der Waals surface area contributed by atoms with E-state index in [-0.39, 0.29) is 5.82 Å². The maximum absolute atomic E-state index is 10.9. The Kier molecular flexibility index (Phi) is 7.03. The Hall–Kier alpha value is -2.86. The molecule has 1 saturated heterocycles. The lowest BCUT2D eigenvalue weighted by Crippen LogP contribution is -2.35. The van der Waals surface area contributed by atoms with E-state index in [1.165, 1.54) is 5.56 Å². The van der Waals surface area contributed by atoms with Crippen molar-refractivity contribution in [1.29, 1.82) is 0 Å². The van der Waals surface area contributed by atoms with Gasteiger partial charge >= 0.3 is 0 Å². The molecule has 6 nitrogen and oxygen atoms in total. The van der Waals surface area contributed by atoms with E-state index in [1.807, 2.05) is 41.3 Å². The van der Waals surface area contributed by atoms with Crippen LogP contribution in [0, 0.1) is 16.0 Å². The summed E-state index contributed by atoms with van der Waals surface area (Å²) in [7, 11) is 0. The van der Waals surface area contributed by atoms with Gasteiger partial charge in [0.1, 0.15) is 0 Å². The normalized spacial score (nSPS) is 16.1. The number of piperidine rings is 1. The first-order valence-electron chi connectivity index (χ1n) is 9.81. The molecule has 1 aliphatic heterocycles. The summed E-state index contributed by atoms with van der Waals surface area (Å²) in [6.45, 7) is 3.86. The highest BCUT2D eigenvalue weighted by Crippen LogP contribution is 2.24. The van der Waals surface area contributed by atoms with Crippen LogP contribution in [0.4, 0.5) is 5.69 Å². The highest BCUT2D eigenvalue weighted by Gasteiger charge is 2.21. The summed E-state index contributed by atoms with van der Waals surface area (Å²) in [6.07, 6.45) is 4.15. The second-order valence-electron chi connectivity index (χ2n) is 7.32. The van der Waals surface area contributed by atoms with Crippen LogP contribution in [0.1, 0.15) is 24.8 Å². The number of rotatable bonds is 8. The summed E-state index contributed by atoms with van der Waals surface area (Å²) in [4.78, 5) is 14.7. The van der Waals surface area contributed by atoms with Crippen molar-refractivity contribution in [3.63, 3.8) is 0 Å². The molecular formula is C22H28N4O2. The van der Waals surface area contributed by atoms with E-state index in [1.54, 1.807) is 0 Å². The van der Waals surface area contributed by atoms with Crippen LogP contribution in [-0.2, 0) is 6.54 Å². The van der Waals surface area contributed by atoms with Crippen LogP contribution in [0.15, 0.2) is 72.7 Å². The molecule has 0 saturated carbocycles. The highest BCUT2D eigenvalue weighted by molar-refractivity contribution is 5.50. The Bertz CT molecular complexity index is 772. The van der Waals surface area contributed by atoms with Crippen molar-refractivity contribution < 1.29 is 4.92 Å². The molecule has 0 radical (unpaired) electrons. The second kappa shape index (κ2) is 9.90. The predicted molar refractivity (Wildman–Crippen MR) is 112 cm³/mol. The Morgan fingerprint density at radius 1 is 1.11 bits per heavy atom. The lowest BCUT2D eigenvalue weighted by molar-refractivity contribution is -0.403. The van der Waals surface area contributed by atoms with Crippen molar-refractivity contribution in [3.05, 3.63) is 88.4 Å². The van der Waals surface area contributed by atoms with Crippen LogP contribution in [0.5, 0.6) is 0 Å². The molecule has 2 aromatic rings. The molecule has 0 spiro atoms. The van der Waals surface area contributed by atoms with Gasteiger partial charge in [-0.2, -0.15) is 0 Å². The van der Waals surface area contributed by atoms with Crippen LogP contribution < -0.4 is 10.6 Å². The van der Waals surface area contributed by atoms with E-state index >= 15 is 0 Å². The number of para-hydroxylation sites is 1. The number of hydrogen-bond donors (Lipinski definition) is 1. The van der Waals surface area contributed by atoms with Crippen molar-refractivity contribution in [3.8, 4) is 0 Å². The summed E-state index contributed by atoms with van der Waals surface area (Å²) in [5.41, 5.74) is 8.26. The summed E-state index contributed by atoms with van der Waals surface area (Å²) >= 11 is 0. The molecule has 0 bridgehead atoms. The number of likely N-dealkylation sites (tertiary alicyclic amines) is 1. The van der Waals surface area contributed by atoms with Crippen LogP contribution >= 0.6 is 0 Å². The van der Waals surface area contributed by atoms with E-state index < -0.39 is 4.92 Å². The van der Waals surface area contributed by atoms with Gasteiger partial charge in [0.2, 0.25) is 0 Å². The molecule has 148 valence electrons. The van der Waals surface area contributed by atoms with Gasteiger partial charge in [0.05, 0.1) is 4.92 Å². The van der Waals surface area contributed by atoms with E-state index in [0.717, 1.165) is 50.8 Å². The standard InChI is InChI=1S/C22H28N4O2/c23-22(18-26(27)28)25(21-9-5-2-6-10-21)16-13-19-11-14-24(15-12-19)17-20-7-3-1-4-8-20/h1-10,18-19H,11-17,23H2/b22-18+. The monoisotopic (exact) mass is 380 g/mol. The van der Waals surface area contributed by atoms with Crippen molar-refractivity contribution in [2.45, 2.75) is 25.8 Å². The highest BCUT2D eigenvalue weighted by atomic mass is 16.6. The molecular weight excluding hydrogens is 352 g/mol. The van der Waals surface area contributed by atoms with E-state index in [0.29, 0.717) is 12.5 Å². The Morgan fingerprint density at radius 2 is 1.71 bits per heavy atom. The quantitative estimate of drug-likeness (QED) is 0.556. The minimum Gasteiger partial charge on any atom is -0.380 e. The van der Waals surface area contributed by atoms with E-state index in [9.17, 15) is 10.1 Å². The van der Waals surface area contributed by atoms with Crippen molar-refractivity contribution in [1.82, 2.24) is 4.90 Å². The predicted octanol–water partition coefficient (Wildman–Crippen LogP) is 3.83. The number of hydrogen-bond acceptors (Lipinski definition) is 5. The van der Waals surface area contributed by atoms with Gasteiger partial charge in [-0.1, -0.05) is 48.5 Å². The van der Waals surface area contributed by atoms with Gasteiger partial charge in [-0.15, -0.1) is 0 Å². The summed E-state index contributed by atoms with van der Waals surface area (Å²) in [6, 6.07) is 20.2. The number of nitrogens with two attached hydrogens (primary N) is 1. The Labute approximate surface area is 166 Å². The molecule has 6 heteroatoms. The van der Waals surface area contributed by atoms with Crippen LogP contribution in [-0.4, -0.2) is 29.5 Å². The van der Waals surface area contributed by atoms with Crippen molar-refractivity contribution in [2.75, 3.05) is 24.5 Å². The molecule has 0 aromatic heterocycles. The first-order chi connectivity index (χ1) is 13.6. The zero-order chi connectivity index (χ0) is 19.8. The third-order valence-corrected chi connectivity index (χ3v) is 5.33. The minimum absolute atomic E-state index is 0.178. The fourth-order valence-corrected chi connectivity index (χ4v) is 3.78. The smallest absolute Gasteiger partial charge is 0.274 e. The molecule has 1 fully saturated rings. The average Bonchev–Trinajstić information content (AvgIpc) is 2.70. The van der Waals surface area contributed by atoms with Gasteiger partial charge in [0, 0.05) is 18.8 Å². The zero-order valence-electron chi connectivity index (χ0n) is 16.1. The Morgan fingerprint density at radius 3 is 2.32 bits per heavy atom. The van der Waals surface area contributed by atoms with Gasteiger partial charge in [-0.25, -0.2) is 0 Å². The maximum atomic E-state index is 10.9. The zero-order valence-corrected chi connectivity index (χ0v) is 16.1. The van der Waals surface area contributed by atoms with Crippen LogP contribution in [0.25, 0.3) is 0 Å². The number of anilines is 1. The van der Waals surface area contributed by atoms with Crippen LogP contribution in [0.3, 0.4) is 0 Å². The first-order valence-corrected chi connectivity index (χ1v) is 9.81. The molecule has 0 unspecified atom stereocenters. The molecule has 2 aromatic carbocycles. The molecule has 0 aliphatic carbocycles. The van der Waals surface area contributed by atoms with E-state index in [4.69, 9.17) is 5.73 Å². The second-order valence-corrected chi connectivity index (χ2v) is 7.32. The molecule has 2 N–H and O–H groups in total. The van der Waals surface area contributed by atoms with Crippen LogP contribution in [0.2, 0.25) is 0 Å². The lowest BCUT2D eigenvalue weighted by Gasteiger charge is -2.33. The third kappa shape index (κ3) is 5.82. The number of nitro groups is 1. The van der Waals surface area contributed by atoms with Gasteiger partial charge in [0.25, 0.3) is 6.20 Å². The molecule has 0 amide bonds. The summed E-state index contributed by atoms with van der Waals surface area (Å²) < 4.78 is 0. The van der Waals surface area contributed by atoms with Gasteiger partial charge in [-0.3, -0.25) is 15.0 Å². The maximum Gasteiger partial charge on any atom is 0.274 e. The van der Waals surface area contributed by atoms with Crippen molar-refractivity contribution in [2.24, 2.45) is 11.7 Å². The third-order valence-electron chi connectivity index (χ3n) is 5.33. The average molecular weight is 380 g/mol. The van der Waals surface area contributed by atoms with Gasteiger partial charge in [0.15, 0.2) is 5.82 Å². The lowest BCUT2D eigenvalue weighted by atomic mass is 9.93. The summed E-state index contributed by atoms with van der Waals surface area (Å²) in [5, 5.41) is 10.9. The summed E-state index contributed by atoms with van der Waals surface area (Å²) in [5.74, 6) is 0.791. The topological polar surface area (TPSA) is 75.6 Å². The molecule has 1 aliphatic rings. The van der Waals surface area contributed by atoms with Gasteiger partial charge in [-0.05, 0) is 56.0 Å². The first kappa shape index (κ1) is 19.9. The van der Waals surface area contributed by atoms with Gasteiger partial charge < -0.3 is 10.6 Å². The number of nitrogens with zero attached hydrogens (tertiary/aromatic N) is 3. The fourth-order valence-electron chi connectivity index (χ4n) is 3.78.